The minimum absolute atomic E-state index is 0.123. The normalized spacial score (nSPS) is 10.8. The monoisotopic (exact) mass is 496 g/mol. The van der Waals surface area contributed by atoms with Crippen molar-refractivity contribution in [2.45, 2.75) is 0 Å². The summed E-state index contributed by atoms with van der Waals surface area (Å²) in [6.07, 6.45) is 2.37. The molecular weight excluding hydrogens is 486 g/mol. The predicted molar refractivity (Wildman–Crippen MR) is 108 cm³/mol. The average molecular weight is 497 g/mol. The van der Waals surface area contributed by atoms with Crippen molar-refractivity contribution < 1.29 is 13.9 Å². The minimum atomic E-state index is -0.733. The van der Waals surface area contributed by atoms with Gasteiger partial charge in [-0.05, 0) is 70.1 Å². The van der Waals surface area contributed by atoms with Gasteiger partial charge in [0.05, 0.1) is 12.4 Å². The number of benzene rings is 2. The van der Waals surface area contributed by atoms with Crippen molar-refractivity contribution in [2.24, 2.45) is 5.10 Å². The molecule has 3 rings (SSSR count). The number of aromatic nitrogens is 2. The van der Waals surface area contributed by atoms with Gasteiger partial charge in [0.15, 0.2) is 0 Å². The summed E-state index contributed by atoms with van der Waals surface area (Å²) in [7, 11) is 0. The highest BCUT2D eigenvalue weighted by Gasteiger charge is 2.09. The number of nitrogens with one attached hydrogen (secondary N) is 1. The molecule has 1 aromatic heterocycles. The van der Waals surface area contributed by atoms with Gasteiger partial charge in [0, 0.05) is 9.13 Å². The quantitative estimate of drug-likeness (QED) is 0.245. The maximum atomic E-state index is 13.7. The average Bonchev–Trinajstić information content (AvgIpc) is 2.65. The first-order chi connectivity index (χ1) is 13.0. The molecular formula is C18H11ClFIN4O2. The topological polar surface area (TPSA) is 76.5 Å². The number of carbonyl (C=O) groups is 1. The molecule has 0 aliphatic heterocycles. The molecule has 0 radical (unpaired) electrons. The van der Waals surface area contributed by atoms with Crippen molar-refractivity contribution in [3.63, 3.8) is 0 Å². The molecule has 0 unspecified atom stereocenters. The van der Waals surface area contributed by atoms with Crippen molar-refractivity contribution in [3.05, 3.63) is 80.5 Å². The van der Waals surface area contributed by atoms with Crippen LogP contribution in [0.3, 0.4) is 0 Å². The largest absolute Gasteiger partial charge is 0.436 e. The number of hydrogen-bond acceptors (Lipinski definition) is 5. The Labute approximate surface area is 172 Å². The van der Waals surface area contributed by atoms with Gasteiger partial charge in [-0.3, -0.25) is 4.79 Å². The van der Waals surface area contributed by atoms with Crippen LogP contribution < -0.4 is 10.2 Å². The Hall–Kier alpha value is -2.59. The summed E-state index contributed by atoms with van der Waals surface area (Å²) in [5.74, 6) is -1.01. The highest BCUT2D eigenvalue weighted by Crippen LogP contribution is 2.23. The van der Waals surface area contributed by atoms with Gasteiger partial charge < -0.3 is 4.74 Å². The third kappa shape index (κ3) is 5.44. The molecule has 0 atom stereocenters. The number of halogens is 3. The van der Waals surface area contributed by atoms with E-state index in [1.807, 2.05) is 6.07 Å². The lowest BCUT2D eigenvalue weighted by Crippen LogP contribution is -2.17. The summed E-state index contributed by atoms with van der Waals surface area (Å²) in [4.78, 5) is 19.3. The van der Waals surface area contributed by atoms with Crippen molar-refractivity contribution in [2.75, 3.05) is 0 Å². The Morgan fingerprint density at radius 1 is 1.26 bits per heavy atom. The second-order valence-electron chi connectivity index (χ2n) is 5.18. The van der Waals surface area contributed by atoms with Crippen LogP contribution in [0.5, 0.6) is 11.6 Å². The second kappa shape index (κ2) is 8.87. The number of rotatable bonds is 5. The van der Waals surface area contributed by atoms with E-state index in [0.717, 1.165) is 9.77 Å². The maximum Gasteiger partial charge on any atom is 0.271 e. The molecule has 6 nitrogen and oxygen atoms in total. The van der Waals surface area contributed by atoms with Crippen LogP contribution in [0.25, 0.3) is 0 Å². The number of nitrogens with zero attached hydrogens (tertiary/aromatic N) is 3. The predicted octanol–water partition coefficient (Wildman–Crippen LogP) is 4.43. The molecule has 0 saturated heterocycles. The van der Waals surface area contributed by atoms with Crippen LogP contribution in [-0.2, 0) is 0 Å². The fourth-order valence-electron chi connectivity index (χ4n) is 2.03. The van der Waals surface area contributed by atoms with Crippen LogP contribution >= 0.6 is 34.2 Å². The molecule has 1 heterocycles. The lowest BCUT2D eigenvalue weighted by atomic mass is 10.2. The highest BCUT2D eigenvalue weighted by molar-refractivity contribution is 14.1. The lowest BCUT2D eigenvalue weighted by molar-refractivity contribution is 0.0955. The summed E-state index contributed by atoms with van der Waals surface area (Å²) in [5, 5.41) is 3.80. The van der Waals surface area contributed by atoms with Crippen LogP contribution in [0.2, 0.25) is 5.28 Å². The number of ether oxygens (including phenoxy) is 1. The zero-order valence-electron chi connectivity index (χ0n) is 13.6. The van der Waals surface area contributed by atoms with E-state index >= 15 is 0 Å². The molecule has 0 fully saturated rings. The van der Waals surface area contributed by atoms with Gasteiger partial charge in [0.2, 0.25) is 11.1 Å². The van der Waals surface area contributed by atoms with E-state index < -0.39 is 5.82 Å². The molecule has 0 aliphatic rings. The molecule has 3 aromatic rings. The summed E-state index contributed by atoms with van der Waals surface area (Å²) in [6.45, 7) is 0. The zero-order chi connectivity index (χ0) is 19.2. The summed E-state index contributed by atoms with van der Waals surface area (Å²) >= 11 is 7.77. The van der Waals surface area contributed by atoms with Crippen LogP contribution in [-0.4, -0.2) is 22.1 Å². The van der Waals surface area contributed by atoms with Crippen molar-refractivity contribution in [1.29, 1.82) is 0 Å². The van der Waals surface area contributed by atoms with Gasteiger partial charge >= 0.3 is 0 Å². The Balaban J connectivity index is 1.67. The van der Waals surface area contributed by atoms with Crippen molar-refractivity contribution in [1.82, 2.24) is 15.4 Å². The maximum absolute atomic E-state index is 13.7. The van der Waals surface area contributed by atoms with Gasteiger partial charge in [-0.2, -0.15) is 14.5 Å². The first-order valence-electron chi connectivity index (χ1n) is 7.56. The van der Waals surface area contributed by atoms with Crippen LogP contribution in [0.15, 0.2) is 59.8 Å². The van der Waals surface area contributed by atoms with E-state index in [4.69, 9.17) is 16.3 Å². The summed E-state index contributed by atoms with van der Waals surface area (Å²) in [5.41, 5.74) is 3.59. The van der Waals surface area contributed by atoms with Gasteiger partial charge in [0.1, 0.15) is 5.75 Å². The fourth-order valence-corrected chi connectivity index (χ4v) is 2.70. The van der Waals surface area contributed by atoms with Gasteiger partial charge in [-0.15, -0.1) is 0 Å². The van der Waals surface area contributed by atoms with E-state index in [-0.39, 0.29) is 17.1 Å². The third-order valence-corrected chi connectivity index (χ3v) is 4.07. The van der Waals surface area contributed by atoms with E-state index in [1.54, 1.807) is 42.5 Å². The van der Waals surface area contributed by atoms with E-state index in [9.17, 15) is 9.18 Å². The van der Waals surface area contributed by atoms with E-state index in [2.05, 4.69) is 43.1 Å². The molecule has 0 spiro atoms. The molecule has 136 valence electrons. The molecule has 0 bridgehead atoms. The highest BCUT2D eigenvalue weighted by atomic mass is 127. The molecule has 0 saturated carbocycles. The smallest absolute Gasteiger partial charge is 0.271 e. The Kier molecular flexibility index (Phi) is 6.30. The van der Waals surface area contributed by atoms with E-state index in [0.29, 0.717) is 16.9 Å². The number of carbonyl (C=O) groups excluding carboxylic acids is 1. The first kappa shape index (κ1) is 19.2. The molecule has 27 heavy (non-hydrogen) atoms. The lowest BCUT2D eigenvalue weighted by Gasteiger charge is -2.06. The van der Waals surface area contributed by atoms with Crippen LogP contribution in [0.4, 0.5) is 4.39 Å². The number of hydrazone groups is 1. The zero-order valence-corrected chi connectivity index (χ0v) is 16.5. The van der Waals surface area contributed by atoms with Crippen LogP contribution in [0, 0.1) is 9.39 Å². The Bertz CT molecular complexity index is 1020. The van der Waals surface area contributed by atoms with Crippen molar-refractivity contribution in [3.8, 4) is 11.6 Å². The van der Waals surface area contributed by atoms with Crippen LogP contribution in [0.1, 0.15) is 15.9 Å². The first-order valence-corrected chi connectivity index (χ1v) is 9.02. The van der Waals surface area contributed by atoms with Gasteiger partial charge in [0.25, 0.3) is 11.8 Å². The SMILES string of the molecule is O=C(N/N=C/c1cccc(Oc2nc(Cl)ncc2F)c1)c1cccc(I)c1. The summed E-state index contributed by atoms with van der Waals surface area (Å²) in [6, 6.07) is 13.8. The standard InChI is InChI=1S/C18H11ClFIN4O2/c19-18-22-10-15(20)17(24-18)27-14-6-1-3-11(7-14)9-23-25-16(26)12-4-2-5-13(21)8-12/h1-10H,(H,25,26)/b23-9+. The fraction of sp³-hybridized carbons (Fsp3) is 0. The molecule has 2 aromatic carbocycles. The third-order valence-electron chi connectivity index (χ3n) is 3.22. The summed E-state index contributed by atoms with van der Waals surface area (Å²) < 4.78 is 20.0. The Morgan fingerprint density at radius 3 is 2.89 bits per heavy atom. The van der Waals surface area contributed by atoms with Gasteiger partial charge in [-0.25, -0.2) is 10.4 Å². The second-order valence-corrected chi connectivity index (χ2v) is 6.76. The molecule has 0 aliphatic carbocycles. The number of amides is 1. The Morgan fingerprint density at radius 2 is 2.07 bits per heavy atom. The minimum Gasteiger partial charge on any atom is -0.436 e. The molecule has 1 N–H and O–H groups in total. The number of hydrogen-bond donors (Lipinski definition) is 1. The van der Waals surface area contributed by atoms with E-state index in [1.165, 1.54) is 6.21 Å². The van der Waals surface area contributed by atoms with Gasteiger partial charge in [-0.1, -0.05) is 18.2 Å². The van der Waals surface area contributed by atoms with Crippen molar-refractivity contribution >= 4 is 46.3 Å². The molecule has 9 heteroatoms. The molecule has 1 amide bonds.